The Labute approximate surface area is 107 Å². The SMILES string of the molecule is C=C(C)COc1cccc(N2CCOCC2=O)c1. The maximum absolute atomic E-state index is 11.7. The van der Waals surface area contributed by atoms with Gasteiger partial charge in [-0.25, -0.2) is 0 Å². The van der Waals surface area contributed by atoms with Gasteiger partial charge in [-0.05, 0) is 24.6 Å². The summed E-state index contributed by atoms with van der Waals surface area (Å²) in [5.41, 5.74) is 1.81. The second kappa shape index (κ2) is 5.69. The molecule has 18 heavy (non-hydrogen) atoms. The standard InChI is InChI=1S/C14H17NO3/c1-11(2)9-18-13-5-3-4-12(8-13)15-6-7-17-10-14(15)16/h3-5,8H,1,6-7,9-10H2,2H3. The van der Waals surface area contributed by atoms with E-state index in [1.807, 2.05) is 31.2 Å². The smallest absolute Gasteiger partial charge is 0.253 e. The second-order valence-electron chi connectivity index (χ2n) is 4.34. The predicted octanol–water partition coefficient (Wildman–Crippen LogP) is 2.00. The molecule has 1 saturated heterocycles. The van der Waals surface area contributed by atoms with E-state index in [0.717, 1.165) is 17.0 Å². The summed E-state index contributed by atoms with van der Waals surface area (Å²) in [5.74, 6) is 0.730. The normalized spacial score (nSPS) is 15.6. The average molecular weight is 247 g/mol. The number of carbonyl (C=O) groups excluding carboxylic acids is 1. The highest BCUT2D eigenvalue weighted by Gasteiger charge is 2.20. The van der Waals surface area contributed by atoms with Gasteiger partial charge in [0.05, 0.1) is 6.61 Å². The van der Waals surface area contributed by atoms with Crippen LogP contribution in [0.2, 0.25) is 0 Å². The molecule has 0 aliphatic carbocycles. The molecule has 0 spiro atoms. The lowest BCUT2D eigenvalue weighted by Gasteiger charge is -2.27. The van der Waals surface area contributed by atoms with E-state index in [0.29, 0.717) is 19.8 Å². The minimum atomic E-state index is -0.0155. The van der Waals surface area contributed by atoms with Crippen molar-refractivity contribution in [2.75, 3.05) is 31.3 Å². The second-order valence-corrected chi connectivity index (χ2v) is 4.34. The Morgan fingerprint density at radius 2 is 2.39 bits per heavy atom. The van der Waals surface area contributed by atoms with Crippen molar-refractivity contribution in [3.05, 3.63) is 36.4 Å². The van der Waals surface area contributed by atoms with Crippen molar-refractivity contribution in [1.82, 2.24) is 0 Å². The maximum Gasteiger partial charge on any atom is 0.253 e. The molecule has 0 N–H and O–H groups in total. The minimum Gasteiger partial charge on any atom is -0.489 e. The van der Waals surface area contributed by atoms with E-state index in [2.05, 4.69) is 6.58 Å². The number of nitrogens with zero attached hydrogens (tertiary/aromatic N) is 1. The summed E-state index contributed by atoms with van der Waals surface area (Å²) in [6.07, 6.45) is 0. The summed E-state index contributed by atoms with van der Waals surface area (Å²) < 4.78 is 10.7. The third-order valence-corrected chi connectivity index (χ3v) is 2.60. The first-order valence-corrected chi connectivity index (χ1v) is 5.92. The van der Waals surface area contributed by atoms with Crippen LogP contribution < -0.4 is 9.64 Å². The topological polar surface area (TPSA) is 38.8 Å². The van der Waals surface area contributed by atoms with Crippen LogP contribution in [0.5, 0.6) is 5.75 Å². The molecule has 1 aliphatic heterocycles. The summed E-state index contributed by atoms with van der Waals surface area (Å²) >= 11 is 0. The minimum absolute atomic E-state index is 0.0155. The first-order valence-electron chi connectivity index (χ1n) is 5.92. The van der Waals surface area contributed by atoms with E-state index in [1.165, 1.54) is 0 Å². The molecule has 1 aromatic rings. The number of carbonyl (C=O) groups is 1. The number of rotatable bonds is 4. The summed E-state index contributed by atoms with van der Waals surface area (Å²) in [6.45, 7) is 7.49. The van der Waals surface area contributed by atoms with Crippen LogP contribution in [0.15, 0.2) is 36.4 Å². The molecule has 4 heteroatoms. The van der Waals surface area contributed by atoms with Crippen LogP contribution in [0.1, 0.15) is 6.92 Å². The monoisotopic (exact) mass is 247 g/mol. The van der Waals surface area contributed by atoms with E-state index in [1.54, 1.807) is 4.90 Å². The van der Waals surface area contributed by atoms with Gasteiger partial charge in [-0.15, -0.1) is 0 Å². The summed E-state index contributed by atoms with van der Waals surface area (Å²) in [7, 11) is 0. The van der Waals surface area contributed by atoms with Gasteiger partial charge in [-0.1, -0.05) is 12.6 Å². The molecule has 1 aromatic carbocycles. The largest absolute Gasteiger partial charge is 0.489 e. The molecule has 0 unspecified atom stereocenters. The lowest BCUT2D eigenvalue weighted by Crippen LogP contribution is -2.41. The van der Waals surface area contributed by atoms with Gasteiger partial charge in [0.25, 0.3) is 5.91 Å². The molecular weight excluding hydrogens is 230 g/mol. The van der Waals surface area contributed by atoms with Crippen LogP contribution in [0, 0.1) is 0 Å². The van der Waals surface area contributed by atoms with Crippen LogP contribution in [0.3, 0.4) is 0 Å². The highest BCUT2D eigenvalue weighted by Crippen LogP contribution is 2.22. The molecule has 96 valence electrons. The van der Waals surface area contributed by atoms with E-state index < -0.39 is 0 Å². The number of ether oxygens (including phenoxy) is 2. The summed E-state index contributed by atoms with van der Waals surface area (Å²) in [5, 5.41) is 0. The van der Waals surface area contributed by atoms with Crippen molar-refractivity contribution in [1.29, 1.82) is 0 Å². The Kier molecular flexibility index (Phi) is 3.99. The fraction of sp³-hybridized carbons (Fsp3) is 0.357. The van der Waals surface area contributed by atoms with Gasteiger partial charge in [0, 0.05) is 18.3 Å². The van der Waals surface area contributed by atoms with Crippen molar-refractivity contribution >= 4 is 11.6 Å². The highest BCUT2D eigenvalue weighted by atomic mass is 16.5. The maximum atomic E-state index is 11.7. The Balaban J connectivity index is 2.10. The third-order valence-electron chi connectivity index (χ3n) is 2.60. The van der Waals surface area contributed by atoms with Gasteiger partial charge in [0.15, 0.2) is 0 Å². The highest BCUT2D eigenvalue weighted by molar-refractivity contribution is 5.95. The summed E-state index contributed by atoms with van der Waals surface area (Å²) in [6, 6.07) is 7.52. The Morgan fingerprint density at radius 3 is 3.11 bits per heavy atom. The van der Waals surface area contributed by atoms with Gasteiger partial charge in [0.1, 0.15) is 19.0 Å². The molecule has 4 nitrogen and oxygen atoms in total. The molecule has 0 bridgehead atoms. The number of benzene rings is 1. The zero-order chi connectivity index (χ0) is 13.0. The van der Waals surface area contributed by atoms with E-state index in [4.69, 9.17) is 9.47 Å². The molecule has 0 saturated carbocycles. The first kappa shape index (κ1) is 12.6. The Morgan fingerprint density at radius 1 is 1.56 bits per heavy atom. The molecule has 1 fully saturated rings. The fourth-order valence-electron chi connectivity index (χ4n) is 1.74. The Bertz CT molecular complexity index is 456. The molecule has 0 atom stereocenters. The molecule has 1 heterocycles. The lowest BCUT2D eigenvalue weighted by atomic mass is 10.2. The van der Waals surface area contributed by atoms with Gasteiger partial charge in [-0.2, -0.15) is 0 Å². The zero-order valence-corrected chi connectivity index (χ0v) is 10.5. The quantitative estimate of drug-likeness (QED) is 0.764. The zero-order valence-electron chi connectivity index (χ0n) is 10.5. The molecule has 1 amide bonds. The third kappa shape index (κ3) is 3.11. The van der Waals surface area contributed by atoms with Gasteiger partial charge in [-0.3, -0.25) is 4.79 Å². The van der Waals surface area contributed by atoms with Gasteiger partial charge < -0.3 is 14.4 Å². The van der Waals surface area contributed by atoms with Crippen LogP contribution >= 0.6 is 0 Å². The number of hydrogen-bond donors (Lipinski definition) is 0. The van der Waals surface area contributed by atoms with E-state index in [-0.39, 0.29) is 12.5 Å². The Hall–Kier alpha value is -1.81. The fourth-order valence-corrected chi connectivity index (χ4v) is 1.74. The van der Waals surface area contributed by atoms with Crippen LogP contribution in [0.25, 0.3) is 0 Å². The predicted molar refractivity (Wildman–Crippen MR) is 69.9 cm³/mol. The number of anilines is 1. The van der Waals surface area contributed by atoms with Crippen molar-refractivity contribution in [3.8, 4) is 5.75 Å². The number of morpholine rings is 1. The van der Waals surface area contributed by atoms with Crippen LogP contribution in [-0.2, 0) is 9.53 Å². The van der Waals surface area contributed by atoms with Gasteiger partial charge in [0.2, 0.25) is 0 Å². The van der Waals surface area contributed by atoms with Crippen molar-refractivity contribution in [2.45, 2.75) is 6.92 Å². The van der Waals surface area contributed by atoms with Crippen molar-refractivity contribution < 1.29 is 14.3 Å². The summed E-state index contributed by atoms with van der Waals surface area (Å²) in [4.78, 5) is 13.4. The lowest BCUT2D eigenvalue weighted by molar-refractivity contribution is -0.125. The van der Waals surface area contributed by atoms with E-state index >= 15 is 0 Å². The molecular formula is C14H17NO3. The van der Waals surface area contributed by atoms with Crippen LogP contribution in [-0.4, -0.2) is 32.3 Å². The van der Waals surface area contributed by atoms with Gasteiger partial charge >= 0.3 is 0 Å². The van der Waals surface area contributed by atoms with Crippen molar-refractivity contribution in [2.24, 2.45) is 0 Å². The average Bonchev–Trinajstić information content (AvgIpc) is 2.37. The molecule has 0 radical (unpaired) electrons. The van der Waals surface area contributed by atoms with Crippen LogP contribution in [0.4, 0.5) is 5.69 Å². The number of hydrogen-bond acceptors (Lipinski definition) is 3. The first-order chi connectivity index (χ1) is 8.66. The van der Waals surface area contributed by atoms with Crippen molar-refractivity contribution in [3.63, 3.8) is 0 Å². The number of amides is 1. The molecule has 1 aliphatic rings. The molecule has 0 aromatic heterocycles. The van der Waals surface area contributed by atoms with E-state index in [9.17, 15) is 4.79 Å². The molecule has 2 rings (SSSR count).